The lowest BCUT2D eigenvalue weighted by Crippen LogP contribution is -2.72. The zero-order valence-electron chi connectivity index (χ0n) is 74.0. The lowest BCUT2D eigenvalue weighted by molar-refractivity contribution is -0.168. The van der Waals surface area contributed by atoms with Gasteiger partial charge in [-0.05, 0) is 48.6 Å². The minimum absolute atomic E-state index is 0.0991. The summed E-state index contributed by atoms with van der Waals surface area (Å²) in [5.74, 6) is -1.06. The number of piperazine rings is 2. The van der Waals surface area contributed by atoms with Crippen LogP contribution in [0.3, 0.4) is 0 Å². The minimum Gasteiger partial charge on any atom is -0.353 e. The summed E-state index contributed by atoms with van der Waals surface area (Å²) >= 11 is 0. The van der Waals surface area contributed by atoms with Gasteiger partial charge in [-0.3, -0.25) is 19.2 Å². The van der Waals surface area contributed by atoms with E-state index < -0.39 is 35.7 Å². The van der Waals surface area contributed by atoms with Gasteiger partial charge in [0.2, 0.25) is 23.6 Å². The van der Waals surface area contributed by atoms with E-state index in [1.165, 1.54) is 360 Å². The molecule has 2 fully saturated rings. The quantitative estimate of drug-likeness (QED) is 0.0371. The number of benzene rings is 1. The van der Waals surface area contributed by atoms with E-state index in [1.54, 1.807) is 0 Å². The predicted molar refractivity (Wildman–Crippen MR) is 468 cm³/mol. The Hall–Kier alpha value is -3.06. The van der Waals surface area contributed by atoms with Crippen LogP contribution in [-0.4, -0.2) is 85.8 Å². The first kappa shape index (κ1) is 101. The van der Waals surface area contributed by atoms with Gasteiger partial charge in [-0.25, -0.2) is 0 Å². The molecule has 0 saturated carbocycles. The molecule has 2 saturated heterocycles. The van der Waals surface area contributed by atoms with Crippen LogP contribution >= 0.6 is 0 Å². The van der Waals surface area contributed by atoms with E-state index in [2.05, 4.69) is 49.0 Å². The largest absolute Gasteiger partial charge is 0.353 e. The SMILES string of the molecule is CCCCCCCCCCCCCCCCCCOC(C[C@@]1(Cc2ccc(C[C@]3(CC(OCCCCCCCCCCCCCCCCCC)OCCCCCCCCCCCCCCCCCC)NC(=O)[C@@H](C(C)C)NC3=O)cc2)NC(=O)[C@@H](C(C)C)NC1=O)OCCCCCCCCCCCCCCCCCC. The summed E-state index contributed by atoms with van der Waals surface area (Å²) in [4.78, 5) is 58.4. The highest BCUT2D eigenvalue weighted by atomic mass is 16.7. The van der Waals surface area contributed by atoms with Crippen molar-refractivity contribution in [2.45, 2.75) is 528 Å². The Labute approximate surface area is 680 Å². The van der Waals surface area contributed by atoms with Crippen LogP contribution in [-0.2, 0) is 51.0 Å². The van der Waals surface area contributed by atoms with Crippen LogP contribution < -0.4 is 21.3 Å². The predicted octanol–water partition coefficient (Wildman–Crippen LogP) is 27.3. The minimum atomic E-state index is -1.34. The third-order valence-electron chi connectivity index (χ3n) is 24.3. The smallest absolute Gasteiger partial charge is 0.246 e. The fraction of sp³-hybridized carbons (Fsp3) is 0.898. The fourth-order valence-electron chi connectivity index (χ4n) is 16.9. The molecular formula is C98H182N4O8. The average Bonchev–Trinajstić information content (AvgIpc) is 0.778. The molecule has 0 aliphatic carbocycles. The molecule has 2 heterocycles. The highest BCUT2D eigenvalue weighted by Gasteiger charge is 2.51. The number of carbonyl (C=O) groups excluding carboxylic acids is 4. The van der Waals surface area contributed by atoms with Gasteiger partial charge in [-0.1, -0.05) is 465 Å². The Morgan fingerprint density at radius 2 is 0.427 bits per heavy atom. The normalized spacial score (nSPS) is 17.5. The summed E-state index contributed by atoms with van der Waals surface area (Å²) in [6.45, 7) is 19.1. The lowest BCUT2D eigenvalue weighted by atomic mass is 9.81. The van der Waals surface area contributed by atoms with Crippen LogP contribution in [0.15, 0.2) is 24.3 Å². The molecular weight excluding hydrogens is 1360 g/mol. The van der Waals surface area contributed by atoms with Crippen molar-refractivity contribution in [3.05, 3.63) is 35.4 Å². The third kappa shape index (κ3) is 51.1. The van der Waals surface area contributed by atoms with Gasteiger partial charge in [-0.15, -0.1) is 0 Å². The summed E-state index contributed by atoms with van der Waals surface area (Å²) in [7, 11) is 0. The maximum absolute atomic E-state index is 14.9. The molecule has 2 aliphatic heterocycles. The Morgan fingerprint density at radius 3 is 0.591 bits per heavy atom. The van der Waals surface area contributed by atoms with Crippen molar-refractivity contribution < 1.29 is 38.1 Å². The first-order valence-corrected chi connectivity index (χ1v) is 48.6. The zero-order chi connectivity index (χ0) is 79.3. The van der Waals surface area contributed by atoms with Crippen LogP contribution in [0, 0.1) is 11.8 Å². The summed E-state index contributed by atoms with van der Waals surface area (Å²) in [5, 5.41) is 12.9. The summed E-state index contributed by atoms with van der Waals surface area (Å²) in [6, 6.07) is 6.75. The van der Waals surface area contributed by atoms with Gasteiger partial charge in [0.25, 0.3) is 0 Å². The molecule has 1 aromatic carbocycles. The number of carbonyl (C=O) groups is 4. The van der Waals surface area contributed by atoms with Crippen LogP contribution in [0.25, 0.3) is 0 Å². The summed E-state index contributed by atoms with van der Waals surface area (Å²) < 4.78 is 26.8. The molecule has 0 bridgehead atoms. The van der Waals surface area contributed by atoms with Crippen molar-refractivity contribution in [1.29, 1.82) is 0 Å². The van der Waals surface area contributed by atoms with Crippen LogP contribution in [0.1, 0.15) is 490 Å². The molecule has 4 atom stereocenters. The molecule has 0 spiro atoms. The van der Waals surface area contributed by atoms with Crippen LogP contribution in [0.4, 0.5) is 0 Å². The van der Waals surface area contributed by atoms with Gasteiger partial charge < -0.3 is 40.2 Å². The molecule has 12 heteroatoms. The first-order valence-electron chi connectivity index (χ1n) is 48.6. The van der Waals surface area contributed by atoms with Crippen molar-refractivity contribution in [2.24, 2.45) is 11.8 Å². The molecule has 642 valence electrons. The monoisotopic (exact) mass is 1540 g/mol. The highest BCUT2D eigenvalue weighted by Crippen LogP contribution is 2.32. The number of ether oxygens (including phenoxy) is 4. The van der Waals surface area contributed by atoms with Crippen LogP contribution in [0.5, 0.6) is 0 Å². The van der Waals surface area contributed by atoms with E-state index in [1.807, 2.05) is 52.0 Å². The molecule has 12 nitrogen and oxygen atoms in total. The fourth-order valence-corrected chi connectivity index (χ4v) is 16.9. The lowest BCUT2D eigenvalue weighted by Gasteiger charge is -2.43. The molecule has 0 unspecified atom stereocenters. The Morgan fingerprint density at radius 1 is 0.264 bits per heavy atom. The molecule has 0 radical (unpaired) electrons. The van der Waals surface area contributed by atoms with E-state index in [9.17, 15) is 19.2 Å². The number of rotatable bonds is 82. The number of unbranched alkanes of at least 4 members (excludes halogenated alkanes) is 60. The Kier molecular flexibility index (Phi) is 64.5. The second kappa shape index (κ2) is 70.2. The van der Waals surface area contributed by atoms with Gasteiger partial charge in [0.05, 0.1) is 0 Å². The van der Waals surface area contributed by atoms with Crippen molar-refractivity contribution in [1.82, 2.24) is 21.3 Å². The van der Waals surface area contributed by atoms with Gasteiger partial charge in [0, 0.05) is 52.1 Å². The van der Waals surface area contributed by atoms with E-state index in [0.29, 0.717) is 26.4 Å². The molecule has 4 N–H and O–H groups in total. The van der Waals surface area contributed by atoms with Gasteiger partial charge in [0.1, 0.15) is 23.2 Å². The molecule has 1 aromatic rings. The Bertz CT molecular complexity index is 2050. The molecule has 3 rings (SSSR count). The van der Waals surface area contributed by atoms with Gasteiger partial charge in [-0.2, -0.15) is 0 Å². The molecule has 0 aromatic heterocycles. The standard InChI is InChI=1S/C98H182N4O8/c1-9-13-17-21-25-29-33-37-41-45-49-53-57-61-65-69-77-107-89(108-78-70-66-62-58-54-50-46-42-38-34-30-26-22-18-14-10-2)83-97(95(105)99-91(85(5)6)93(103)101-97)81-87-73-75-88(76-74-87)82-98(96(106)100-92(86(7)8)94(104)102-98)84-90(109-79-71-67-63-59-55-51-47-43-39-35-31-27-23-19-15-11-3)110-80-72-68-64-60-56-52-48-44-40-36-32-28-24-20-16-12-4/h73-76,85-86,89-92H,9-72,77-84H2,1-8H3,(H,99,105)(H,100,106)(H,101,103)(H,102,104)/t91-,92-,97-,98-/m1/s1. The van der Waals surface area contributed by atoms with E-state index >= 15 is 0 Å². The van der Waals surface area contributed by atoms with E-state index in [0.717, 1.165) is 62.5 Å². The zero-order valence-corrected chi connectivity index (χ0v) is 74.0. The molecule has 2 aliphatic rings. The number of hydrogen-bond donors (Lipinski definition) is 4. The average molecular weight is 1540 g/mol. The van der Waals surface area contributed by atoms with Crippen molar-refractivity contribution >= 4 is 23.6 Å². The second-order valence-electron chi connectivity index (χ2n) is 35.7. The molecule has 4 amide bonds. The van der Waals surface area contributed by atoms with Gasteiger partial charge >= 0.3 is 0 Å². The Balaban J connectivity index is 1.75. The van der Waals surface area contributed by atoms with Gasteiger partial charge in [0.15, 0.2) is 12.6 Å². The second-order valence-corrected chi connectivity index (χ2v) is 35.7. The molecule has 110 heavy (non-hydrogen) atoms. The third-order valence-corrected chi connectivity index (χ3v) is 24.3. The maximum atomic E-state index is 14.9. The van der Waals surface area contributed by atoms with Crippen LogP contribution in [0.2, 0.25) is 0 Å². The van der Waals surface area contributed by atoms with Crippen molar-refractivity contribution in [2.75, 3.05) is 26.4 Å². The highest BCUT2D eigenvalue weighted by molar-refractivity contribution is 6.01. The van der Waals surface area contributed by atoms with Crippen molar-refractivity contribution in [3.8, 4) is 0 Å². The number of nitrogens with one attached hydrogen (secondary N) is 4. The van der Waals surface area contributed by atoms with E-state index in [4.69, 9.17) is 18.9 Å². The summed E-state index contributed by atoms with van der Waals surface area (Å²) in [6.07, 6.45) is 82.5. The number of amides is 4. The number of hydrogen-bond acceptors (Lipinski definition) is 8. The maximum Gasteiger partial charge on any atom is 0.246 e. The first-order chi connectivity index (χ1) is 53.8. The van der Waals surface area contributed by atoms with Crippen molar-refractivity contribution in [3.63, 3.8) is 0 Å². The summed E-state index contributed by atoms with van der Waals surface area (Å²) in [5.41, 5.74) is -0.976. The topological polar surface area (TPSA) is 153 Å². The van der Waals surface area contributed by atoms with E-state index in [-0.39, 0.29) is 61.1 Å².